The number of benzene rings is 1. The summed E-state index contributed by atoms with van der Waals surface area (Å²) in [5, 5.41) is 9.72. The van der Waals surface area contributed by atoms with Crippen LogP contribution in [0.2, 0.25) is 0 Å². The van der Waals surface area contributed by atoms with Crippen LogP contribution >= 0.6 is 11.8 Å². The van der Waals surface area contributed by atoms with Crippen LogP contribution in [-0.4, -0.2) is 29.7 Å². The van der Waals surface area contributed by atoms with Crippen molar-refractivity contribution >= 4 is 39.9 Å². The molecule has 2 heterocycles. The minimum Gasteiger partial charge on any atom is -0.311 e. The van der Waals surface area contributed by atoms with Gasteiger partial charge in [0.05, 0.1) is 22.6 Å². The minimum absolute atomic E-state index is 0.183. The number of nitriles is 1. The fourth-order valence-corrected chi connectivity index (χ4v) is 3.04. The van der Waals surface area contributed by atoms with Crippen LogP contribution in [0.25, 0.3) is 5.57 Å². The maximum Gasteiger partial charge on any atom is 0.260 e. The van der Waals surface area contributed by atoms with Crippen LogP contribution in [0, 0.1) is 11.3 Å². The standard InChI is InChI=1S/C14H9N3O2S/c1-17-10-5-3-2-4-8(10)12(14(17)19)9(6-15)13-16-11(18)7-20-13/h2-5H,7H2,1H3. The van der Waals surface area contributed by atoms with Crippen molar-refractivity contribution in [3.63, 3.8) is 0 Å². The fourth-order valence-electron chi connectivity index (χ4n) is 2.26. The molecule has 98 valence electrons. The Morgan fingerprint density at radius 1 is 1.40 bits per heavy atom. The summed E-state index contributed by atoms with van der Waals surface area (Å²) >= 11 is 1.20. The Balaban J connectivity index is 2.25. The van der Waals surface area contributed by atoms with Crippen LogP contribution in [-0.2, 0) is 9.59 Å². The molecule has 5 nitrogen and oxygen atoms in total. The van der Waals surface area contributed by atoms with E-state index in [1.807, 2.05) is 24.3 Å². The van der Waals surface area contributed by atoms with E-state index in [0.717, 1.165) is 5.69 Å². The molecule has 3 rings (SSSR count). The number of fused-ring (bicyclic) bond motifs is 1. The highest BCUT2D eigenvalue weighted by atomic mass is 32.2. The van der Waals surface area contributed by atoms with Crippen LogP contribution in [0.4, 0.5) is 5.69 Å². The summed E-state index contributed by atoms with van der Waals surface area (Å²) in [4.78, 5) is 28.9. The van der Waals surface area contributed by atoms with E-state index in [9.17, 15) is 14.9 Å². The Labute approximate surface area is 119 Å². The number of rotatable bonds is 1. The van der Waals surface area contributed by atoms with E-state index >= 15 is 0 Å². The van der Waals surface area contributed by atoms with Gasteiger partial charge >= 0.3 is 0 Å². The first-order chi connectivity index (χ1) is 9.63. The van der Waals surface area contributed by atoms with Gasteiger partial charge in [0.15, 0.2) is 0 Å². The van der Waals surface area contributed by atoms with Crippen molar-refractivity contribution in [1.29, 1.82) is 5.26 Å². The lowest BCUT2D eigenvalue weighted by molar-refractivity contribution is -0.115. The lowest BCUT2D eigenvalue weighted by Gasteiger charge is -2.08. The monoisotopic (exact) mass is 283 g/mol. The Kier molecular flexibility index (Phi) is 2.92. The highest BCUT2D eigenvalue weighted by Gasteiger charge is 2.34. The molecule has 0 saturated carbocycles. The molecule has 0 radical (unpaired) electrons. The molecule has 0 atom stereocenters. The second-order valence-electron chi connectivity index (χ2n) is 4.34. The van der Waals surface area contributed by atoms with Crippen molar-refractivity contribution in [3.8, 4) is 6.07 Å². The molecule has 0 aliphatic carbocycles. The SMILES string of the molecule is CN1C(=O)C(=C(C#N)C2=NC(=O)CS2)c2ccccc21. The van der Waals surface area contributed by atoms with Crippen LogP contribution in [0.15, 0.2) is 34.8 Å². The van der Waals surface area contributed by atoms with E-state index in [1.165, 1.54) is 16.7 Å². The number of nitrogens with zero attached hydrogens (tertiary/aromatic N) is 3. The predicted molar refractivity (Wildman–Crippen MR) is 77.3 cm³/mol. The van der Waals surface area contributed by atoms with E-state index in [4.69, 9.17) is 0 Å². The molecule has 2 aliphatic rings. The molecular formula is C14H9N3O2S. The molecule has 0 fully saturated rings. The molecule has 0 unspecified atom stereocenters. The Hall–Kier alpha value is -2.39. The lowest BCUT2D eigenvalue weighted by Crippen LogP contribution is -2.21. The second-order valence-corrected chi connectivity index (χ2v) is 5.31. The maximum atomic E-state index is 12.4. The first-order valence-corrected chi connectivity index (χ1v) is 6.88. The number of aliphatic imine (C=N–C) groups is 1. The predicted octanol–water partition coefficient (Wildman–Crippen LogP) is 1.61. The summed E-state index contributed by atoms with van der Waals surface area (Å²) < 4.78 is 0. The summed E-state index contributed by atoms with van der Waals surface area (Å²) in [5.41, 5.74) is 1.98. The molecular weight excluding hydrogens is 274 g/mol. The average Bonchev–Trinajstić information content (AvgIpc) is 2.98. The van der Waals surface area contributed by atoms with Crippen molar-refractivity contribution in [2.24, 2.45) is 4.99 Å². The van der Waals surface area contributed by atoms with Gasteiger partial charge in [-0.3, -0.25) is 9.59 Å². The number of carbonyl (C=O) groups excluding carboxylic acids is 2. The Morgan fingerprint density at radius 2 is 2.15 bits per heavy atom. The summed E-state index contributed by atoms with van der Waals surface area (Å²) in [5.74, 6) is -0.296. The summed E-state index contributed by atoms with van der Waals surface area (Å²) in [6, 6.07) is 9.30. The fraction of sp³-hybridized carbons (Fsp3) is 0.143. The molecule has 2 amide bonds. The van der Waals surface area contributed by atoms with Crippen LogP contribution in [0.5, 0.6) is 0 Å². The van der Waals surface area contributed by atoms with Crippen molar-refractivity contribution < 1.29 is 9.59 Å². The molecule has 1 aromatic carbocycles. The highest BCUT2D eigenvalue weighted by Crippen LogP contribution is 2.38. The number of hydrogen-bond donors (Lipinski definition) is 0. The molecule has 0 aromatic heterocycles. The van der Waals surface area contributed by atoms with Crippen molar-refractivity contribution in [3.05, 3.63) is 35.4 Å². The van der Waals surface area contributed by atoms with Gasteiger partial charge in [-0.25, -0.2) is 4.99 Å². The lowest BCUT2D eigenvalue weighted by atomic mass is 10.0. The van der Waals surface area contributed by atoms with Gasteiger partial charge in [-0.1, -0.05) is 30.0 Å². The molecule has 6 heteroatoms. The van der Waals surface area contributed by atoms with Gasteiger partial charge in [-0.05, 0) is 6.07 Å². The number of thioether (sulfide) groups is 1. The first-order valence-electron chi connectivity index (χ1n) is 5.90. The Bertz CT molecular complexity index is 743. The van der Waals surface area contributed by atoms with Crippen molar-refractivity contribution in [2.45, 2.75) is 0 Å². The first kappa shape index (κ1) is 12.6. The number of anilines is 1. The van der Waals surface area contributed by atoms with Crippen LogP contribution < -0.4 is 4.90 Å². The van der Waals surface area contributed by atoms with Gasteiger partial charge in [0.2, 0.25) is 0 Å². The number of hydrogen-bond acceptors (Lipinski definition) is 4. The highest BCUT2D eigenvalue weighted by molar-refractivity contribution is 8.15. The van der Waals surface area contributed by atoms with E-state index in [1.54, 1.807) is 13.1 Å². The third kappa shape index (κ3) is 1.75. The third-order valence-corrected chi connectivity index (χ3v) is 4.15. The summed E-state index contributed by atoms with van der Waals surface area (Å²) in [6.07, 6.45) is 0. The Morgan fingerprint density at radius 3 is 2.80 bits per heavy atom. The van der Waals surface area contributed by atoms with E-state index < -0.39 is 0 Å². The zero-order valence-corrected chi connectivity index (χ0v) is 11.4. The minimum atomic E-state index is -0.273. The maximum absolute atomic E-state index is 12.4. The smallest absolute Gasteiger partial charge is 0.260 e. The molecule has 0 N–H and O–H groups in total. The molecule has 20 heavy (non-hydrogen) atoms. The van der Waals surface area contributed by atoms with Crippen molar-refractivity contribution in [1.82, 2.24) is 0 Å². The number of para-hydroxylation sites is 1. The second kappa shape index (κ2) is 4.62. The zero-order chi connectivity index (χ0) is 14.3. The zero-order valence-electron chi connectivity index (χ0n) is 10.6. The van der Waals surface area contributed by atoms with Gasteiger partial charge in [-0.2, -0.15) is 5.26 Å². The normalized spacial score (nSPS) is 19.8. The van der Waals surface area contributed by atoms with Gasteiger partial charge in [0.1, 0.15) is 11.1 Å². The van der Waals surface area contributed by atoms with Crippen LogP contribution in [0.1, 0.15) is 5.56 Å². The topological polar surface area (TPSA) is 73.5 Å². The third-order valence-electron chi connectivity index (χ3n) is 3.19. The van der Waals surface area contributed by atoms with Crippen molar-refractivity contribution in [2.75, 3.05) is 17.7 Å². The summed E-state index contributed by atoms with van der Waals surface area (Å²) in [7, 11) is 1.66. The van der Waals surface area contributed by atoms with E-state index in [2.05, 4.69) is 4.99 Å². The van der Waals surface area contributed by atoms with E-state index in [-0.39, 0.29) is 23.1 Å². The number of likely N-dealkylation sites (N-methyl/N-ethyl adjacent to an activating group) is 1. The van der Waals surface area contributed by atoms with Gasteiger partial charge in [-0.15, -0.1) is 0 Å². The molecule has 0 bridgehead atoms. The molecule has 2 aliphatic heterocycles. The molecule has 1 aromatic rings. The number of carbonyl (C=O) groups is 2. The average molecular weight is 283 g/mol. The van der Waals surface area contributed by atoms with Gasteiger partial charge in [0, 0.05) is 12.6 Å². The molecule has 0 spiro atoms. The summed E-state index contributed by atoms with van der Waals surface area (Å²) in [6.45, 7) is 0. The van der Waals surface area contributed by atoms with Crippen LogP contribution in [0.3, 0.4) is 0 Å². The van der Waals surface area contributed by atoms with Gasteiger partial charge < -0.3 is 4.90 Å². The number of amides is 2. The van der Waals surface area contributed by atoms with Gasteiger partial charge in [0.25, 0.3) is 11.8 Å². The molecule has 0 saturated heterocycles. The van der Waals surface area contributed by atoms with E-state index in [0.29, 0.717) is 16.2 Å². The quantitative estimate of drug-likeness (QED) is 0.580. The largest absolute Gasteiger partial charge is 0.311 e.